The number of fused-ring (bicyclic) bond motifs is 1. The van der Waals surface area contributed by atoms with Crippen LogP contribution in [0.2, 0.25) is 0 Å². The molecule has 0 fully saturated rings. The van der Waals surface area contributed by atoms with E-state index >= 15 is 0 Å². The molecule has 8 nitrogen and oxygen atoms in total. The van der Waals surface area contributed by atoms with Crippen LogP contribution in [0.15, 0.2) is 23.1 Å². The highest BCUT2D eigenvalue weighted by molar-refractivity contribution is 7.93. The molecule has 1 atom stereocenters. The molecule has 0 spiro atoms. The van der Waals surface area contributed by atoms with Crippen LogP contribution in [0.25, 0.3) is 0 Å². The first-order valence-corrected chi connectivity index (χ1v) is 11.3. The Labute approximate surface area is 173 Å². The van der Waals surface area contributed by atoms with E-state index < -0.39 is 15.9 Å². The third-order valence-electron chi connectivity index (χ3n) is 4.78. The Kier molecular flexibility index (Phi) is 5.85. The molecule has 10 heteroatoms. The van der Waals surface area contributed by atoms with Gasteiger partial charge in [0.05, 0.1) is 23.3 Å². The molecule has 2 amide bonds. The lowest BCUT2D eigenvalue weighted by Gasteiger charge is -2.18. The molecule has 0 bridgehead atoms. The van der Waals surface area contributed by atoms with Crippen LogP contribution in [0.5, 0.6) is 5.75 Å². The summed E-state index contributed by atoms with van der Waals surface area (Å²) in [7, 11) is -2.60. The van der Waals surface area contributed by atoms with Crippen molar-refractivity contribution in [1.29, 1.82) is 0 Å². The highest BCUT2D eigenvalue weighted by Gasteiger charge is 2.29. The van der Waals surface area contributed by atoms with Gasteiger partial charge in [-0.15, -0.1) is 11.3 Å². The van der Waals surface area contributed by atoms with Crippen molar-refractivity contribution in [2.45, 2.75) is 38.0 Å². The third kappa shape index (κ3) is 4.38. The van der Waals surface area contributed by atoms with Gasteiger partial charge in [-0.25, -0.2) is 8.42 Å². The molecule has 1 heterocycles. The van der Waals surface area contributed by atoms with Crippen molar-refractivity contribution in [1.82, 2.24) is 0 Å². The third-order valence-corrected chi connectivity index (χ3v) is 7.42. The SMILES string of the molecule is COc1ccc(S(=O)(=O)Nc2sc3c(c2C(N)=O)CC[C@@H](C)C3)cc1NC(C)=O. The molecule has 3 rings (SSSR count). The Balaban J connectivity index is 2.00. The van der Waals surface area contributed by atoms with Gasteiger partial charge in [-0.3, -0.25) is 14.3 Å². The first-order chi connectivity index (χ1) is 13.6. The predicted molar refractivity (Wildman–Crippen MR) is 112 cm³/mol. The van der Waals surface area contributed by atoms with Crippen LogP contribution in [-0.2, 0) is 27.7 Å². The van der Waals surface area contributed by atoms with Gasteiger partial charge in [0.1, 0.15) is 10.8 Å². The Morgan fingerprint density at radius 1 is 1.31 bits per heavy atom. The van der Waals surface area contributed by atoms with E-state index in [1.165, 1.54) is 43.6 Å². The van der Waals surface area contributed by atoms with Crippen molar-refractivity contribution in [2.75, 3.05) is 17.1 Å². The van der Waals surface area contributed by atoms with E-state index in [0.29, 0.717) is 18.1 Å². The number of nitrogens with two attached hydrogens (primary N) is 1. The van der Waals surface area contributed by atoms with E-state index in [1.807, 2.05) is 0 Å². The van der Waals surface area contributed by atoms with Gasteiger partial charge in [0.15, 0.2) is 0 Å². The molecule has 1 aromatic carbocycles. The summed E-state index contributed by atoms with van der Waals surface area (Å²) in [4.78, 5) is 24.4. The average Bonchev–Trinajstić information content (AvgIpc) is 2.97. The molecular formula is C19H23N3O5S2. The lowest BCUT2D eigenvalue weighted by molar-refractivity contribution is -0.114. The van der Waals surface area contributed by atoms with E-state index in [1.54, 1.807) is 0 Å². The second-order valence-electron chi connectivity index (χ2n) is 7.07. The van der Waals surface area contributed by atoms with E-state index in [2.05, 4.69) is 17.0 Å². The van der Waals surface area contributed by atoms with Crippen LogP contribution in [0, 0.1) is 5.92 Å². The molecule has 4 N–H and O–H groups in total. The number of anilines is 2. The van der Waals surface area contributed by atoms with Gasteiger partial charge >= 0.3 is 0 Å². The number of primary amides is 1. The fourth-order valence-corrected chi connectivity index (χ4v) is 6.15. The number of sulfonamides is 1. The largest absolute Gasteiger partial charge is 0.495 e. The van der Waals surface area contributed by atoms with Crippen LogP contribution in [0.3, 0.4) is 0 Å². The monoisotopic (exact) mass is 437 g/mol. The van der Waals surface area contributed by atoms with Crippen LogP contribution in [0.1, 0.15) is 41.1 Å². The highest BCUT2D eigenvalue weighted by atomic mass is 32.2. The van der Waals surface area contributed by atoms with Gasteiger partial charge in [0.25, 0.3) is 15.9 Å². The minimum absolute atomic E-state index is 0.0720. The van der Waals surface area contributed by atoms with E-state index in [-0.39, 0.29) is 27.1 Å². The summed E-state index contributed by atoms with van der Waals surface area (Å²) in [5.41, 5.74) is 6.88. The second-order valence-corrected chi connectivity index (χ2v) is 9.86. The normalized spacial score (nSPS) is 16.0. The molecule has 156 valence electrons. The number of hydrogen-bond donors (Lipinski definition) is 3. The number of methoxy groups -OCH3 is 1. The Morgan fingerprint density at radius 3 is 2.66 bits per heavy atom. The first kappa shape index (κ1) is 21.1. The van der Waals surface area contributed by atoms with Crippen molar-refractivity contribution < 1.29 is 22.7 Å². The maximum Gasteiger partial charge on any atom is 0.262 e. The summed E-state index contributed by atoms with van der Waals surface area (Å²) in [5, 5.41) is 2.78. The maximum absolute atomic E-state index is 13.0. The van der Waals surface area contributed by atoms with Gasteiger partial charge < -0.3 is 15.8 Å². The smallest absolute Gasteiger partial charge is 0.262 e. The minimum Gasteiger partial charge on any atom is -0.495 e. The molecule has 0 saturated carbocycles. The number of ether oxygens (including phenoxy) is 1. The molecule has 2 aromatic rings. The number of hydrogen-bond acceptors (Lipinski definition) is 6. The predicted octanol–water partition coefficient (Wildman–Crippen LogP) is 2.74. The first-order valence-electron chi connectivity index (χ1n) is 9.05. The lowest BCUT2D eigenvalue weighted by Crippen LogP contribution is -2.19. The Hall–Kier alpha value is -2.59. The van der Waals surface area contributed by atoms with E-state index in [0.717, 1.165) is 23.3 Å². The van der Waals surface area contributed by atoms with Crippen molar-refractivity contribution >= 4 is 43.9 Å². The van der Waals surface area contributed by atoms with Gasteiger partial charge in [-0.2, -0.15) is 0 Å². The summed E-state index contributed by atoms with van der Waals surface area (Å²) in [5.74, 6) is -0.212. The van der Waals surface area contributed by atoms with Crippen molar-refractivity contribution in [2.24, 2.45) is 11.7 Å². The molecule has 29 heavy (non-hydrogen) atoms. The summed E-state index contributed by atoms with van der Waals surface area (Å²) < 4.78 is 33.6. The van der Waals surface area contributed by atoms with Crippen molar-refractivity contribution in [3.05, 3.63) is 34.2 Å². The molecule has 1 aromatic heterocycles. The standard InChI is InChI=1S/C19H23N3O5S2/c1-10-4-6-13-16(8-10)28-19(17(13)18(20)24)22-29(25,26)12-5-7-15(27-3)14(9-12)21-11(2)23/h5,7,9-10,22H,4,6,8H2,1-3H3,(H2,20,24)(H,21,23)/t10-/m1/s1. The number of rotatable bonds is 6. The van der Waals surface area contributed by atoms with Gasteiger partial charge in [0, 0.05) is 11.8 Å². The Morgan fingerprint density at radius 2 is 2.03 bits per heavy atom. The molecule has 0 unspecified atom stereocenters. The van der Waals surface area contributed by atoms with Crippen molar-refractivity contribution in [3.63, 3.8) is 0 Å². The van der Waals surface area contributed by atoms with Crippen molar-refractivity contribution in [3.8, 4) is 5.75 Å². The molecule has 1 aliphatic rings. The zero-order valence-corrected chi connectivity index (χ0v) is 18.0. The fraction of sp³-hybridized carbons (Fsp3) is 0.368. The van der Waals surface area contributed by atoms with Gasteiger partial charge in [0.2, 0.25) is 5.91 Å². The molecule has 0 saturated heterocycles. The number of nitrogens with one attached hydrogen (secondary N) is 2. The van der Waals surface area contributed by atoms with Crippen LogP contribution in [-0.4, -0.2) is 27.3 Å². The Bertz CT molecular complexity index is 1080. The number of thiophene rings is 1. The molecule has 0 radical (unpaired) electrons. The lowest BCUT2D eigenvalue weighted by atomic mass is 9.88. The second kappa shape index (κ2) is 8.03. The summed E-state index contributed by atoms with van der Waals surface area (Å²) in [6.45, 7) is 3.44. The molecule has 1 aliphatic carbocycles. The number of carbonyl (C=O) groups excluding carboxylic acids is 2. The summed E-state index contributed by atoms with van der Waals surface area (Å²) >= 11 is 1.25. The van der Waals surface area contributed by atoms with Crippen LogP contribution >= 0.6 is 11.3 Å². The zero-order chi connectivity index (χ0) is 21.3. The van der Waals surface area contributed by atoms with Gasteiger partial charge in [-0.1, -0.05) is 6.92 Å². The van der Waals surface area contributed by atoms with Crippen LogP contribution < -0.4 is 20.5 Å². The molecular weight excluding hydrogens is 414 g/mol. The van der Waals surface area contributed by atoms with Gasteiger partial charge in [-0.05, 0) is 48.9 Å². The number of carbonyl (C=O) groups is 2. The zero-order valence-electron chi connectivity index (χ0n) is 16.4. The quantitative estimate of drug-likeness (QED) is 0.640. The molecule has 0 aliphatic heterocycles. The fourth-order valence-electron chi connectivity index (χ4n) is 3.41. The number of amides is 2. The van der Waals surface area contributed by atoms with E-state index in [4.69, 9.17) is 10.5 Å². The van der Waals surface area contributed by atoms with Crippen LogP contribution in [0.4, 0.5) is 10.7 Å². The highest BCUT2D eigenvalue weighted by Crippen LogP contribution is 2.40. The topological polar surface area (TPSA) is 128 Å². The summed E-state index contributed by atoms with van der Waals surface area (Å²) in [6.07, 6.45) is 2.41. The van der Waals surface area contributed by atoms with E-state index in [9.17, 15) is 18.0 Å². The average molecular weight is 438 g/mol. The maximum atomic E-state index is 13.0. The minimum atomic E-state index is -4.02. The summed E-state index contributed by atoms with van der Waals surface area (Å²) in [6, 6.07) is 4.13. The number of benzene rings is 1.